The van der Waals surface area contributed by atoms with Gasteiger partial charge in [-0.1, -0.05) is 6.07 Å². The van der Waals surface area contributed by atoms with Crippen molar-refractivity contribution in [3.8, 4) is 0 Å². The summed E-state index contributed by atoms with van der Waals surface area (Å²) in [5.74, 6) is -0.984. The molecule has 3 rings (SSSR count). The number of benzene rings is 1. The van der Waals surface area contributed by atoms with E-state index in [1.165, 1.54) is 29.3 Å². The summed E-state index contributed by atoms with van der Waals surface area (Å²) in [6, 6.07) is 4.18. The number of para-hydroxylation sites is 1. The van der Waals surface area contributed by atoms with Gasteiger partial charge in [0.2, 0.25) is 5.43 Å². The molecule has 1 aliphatic heterocycles. The molecule has 0 unspecified atom stereocenters. The summed E-state index contributed by atoms with van der Waals surface area (Å²) in [4.78, 5) is 31.2. The van der Waals surface area contributed by atoms with Crippen LogP contribution in [0, 0.1) is 5.82 Å². The summed E-state index contributed by atoms with van der Waals surface area (Å²) in [7, 11) is 3.70. The number of halogens is 1. The minimum atomic E-state index is -0.977. The van der Waals surface area contributed by atoms with Gasteiger partial charge >= 0.3 is 0 Å². The average Bonchev–Trinajstić information content (AvgIpc) is 2.89. The number of amides is 1. The quantitative estimate of drug-likeness (QED) is 0.871. The summed E-state index contributed by atoms with van der Waals surface area (Å²) in [6.45, 7) is 0.991. The van der Waals surface area contributed by atoms with E-state index in [4.69, 9.17) is 0 Å². The number of nitrogens with one attached hydrogen (secondary N) is 1. The molecule has 1 amide bonds. The van der Waals surface area contributed by atoms with Crippen LogP contribution in [0.15, 0.2) is 29.2 Å². The van der Waals surface area contributed by atoms with E-state index in [1.54, 1.807) is 0 Å². The van der Waals surface area contributed by atoms with E-state index in [1.807, 2.05) is 19.0 Å². The second-order valence-corrected chi connectivity index (χ2v) is 6.63. The van der Waals surface area contributed by atoms with Crippen LogP contribution in [-0.4, -0.2) is 65.1 Å². The Morgan fingerprint density at radius 3 is 2.92 bits per heavy atom. The predicted octanol–water partition coefficient (Wildman–Crippen LogP) is 0.806. The van der Waals surface area contributed by atoms with Gasteiger partial charge in [-0.3, -0.25) is 9.59 Å². The highest BCUT2D eigenvalue weighted by Crippen LogP contribution is 2.23. The number of pyridine rings is 1. The van der Waals surface area contributed by atoms with Gasteiger partial charge < -0.3 is 19.9 Å². The summed E-state index contributed by atoms with van der Waals surface area (Å²) in [5, 5.41) is 10.7. The minimum absolute atomic E-state index is 0.0396. The number of aromatic amines is 1. The van der Waals surface area contributed by atoms with Crippen LogP contribution in [0.3, 0.4) is 0 Å². The highest BCUT2D eigenvalue weighted by molar-refractivity contribution is 5.97. The monoisotopic (exact) mass is 333 g/mol. The van der Waals surface area contributed by atoms with E-state index >= 15 is 0 Å². The van der Waals surface area contributed by atoms with Gasteiger partial charge in [-0.15, -0.1) is 0 Å². The molecule has 0 radical (unpaired) electrons. The predicted molar refractivity (Wildman–Crippen MR) is 88.6 cm³/mol. The number of β-amino-alcohol motifs (C(OH)–C–C–N with tert-alkyl or cyclic N) is 1. The third-order valence-corrected chi connectivity index (χ3v) is 4.32. The molecule has 1 saturated heterocycles. The zero-order valence-electron chi connectivity index (χ0n) is 13.7. The summed E-state index contributed by atoms with van der Waals surface area (Å²) >= 11 is 0. The lowest BCUT2D eigenvalue weighted by Gasteiger charge is -2.26. The topological polar surface area (TPSA) is 76.6 Å². The molecule has 2 N–H and O–H groups in total. The zero-order valence-corrected chi connectivity index (χ0v) is 13.7. The van der Waals surface area contributed by atoms with Gasteiger partial charge in [0.25, 0.3) is 5.91 Å². The van der Waals surface area contributed by atoms with Crippen LogP contribution in [-0.2, 0) is 0 Å². The van der Waals surface area contributed by atoms with Crippen LogP contribution in [0.25, 0.3) is 10.9 Å². The van der Waals surface area contributed by atoms with E-state index in [-0.39, 0.29) is 23.0 Å². The van der Waals surface area contributed by atoms with Gasteiger partial charge in [-0.25, -0.2) is 4.39 Å². The lowest BCUT2D eigenvalue weighted by molar-refractivity contribution is 0.0236. The molecule has 0 saturated carbocycles. The van der Waals surface area contributed by atoms with Crippen molar-refractivity contribution in [3.05, 3.63) is 46.0 Å². The third kappa shape index (κ3) is 2.92. The van der Waals surface area contributed by atoms with Gasteiger partial charge in [0, 0.05) is 24.7 Å². The molecule has 1 fully saturated rings. The fourth-order valence-electron chi connectivity index (χ4n) is 3.29. The Morgan fingerprint density at radius 1 is 1.46 bits per heavy atom. The van der Waals surface area contributed by atoms with E-state index in [9.17, 15) is 19.1 Å². The molecule has 1 aromatic heterocycles. The van der Waals surface area contributed by atoms with Crippen LogP contribution in [0.5, 0.6) is 0 Å². The van der Waals surface area contributed by atoms with Crippen LogP contribution < -0.4 is 5.43 Å². The van der Waals surface area contributed by atoms with Gasteiger partial charge in [0.15, 0.2) is 0 Å². The Morgan fingerprint density at radius 2 is 2.21 bits per heavy atom. The first kappa shape index (κ1) is 16.6. The third-order valence-electron chi connectivity index (χ3n) is 4.32. The van der Waals surface area contributed by atoms with Gasteiger partial charge in [0.05, 0.1) is 17.7 Å². The van der Waals surface area contributed by atoms with Crippen molar-refractivity contribution in [3.63, 3.8) is 0 Å². The summed E-state index contributed by atoms with van der Waals surface area (Å²) < 4.78 is 13.7. The number of carbonyl (C=O) groups excluding carboxylic acids is 1. The van der Waals surface area contributed by atoms with Gasteiger partial charge in [-0.05, 0) is 32.6 Å². The molecule has 6 nitrogen and oxygen atoms in total. The number of aliphatic hydroxyl groups is 1. The normalized spacial score (nSPS) is 21.0. The van der Waals surface area contributed by atoms with Crippen LogP contribution in [0.2, 0.25) is 0 Å². The minimum Gasteiger partial charge on any atom is -0.387 e. The maximum absolute atomic E-state index is 13.7. The van der Waals surface area contributed by atoms with E-state index < -0.39 is 22.8 Å². The lowest BCUT2D eigenvalue weighted by atomic mass is 10.0. The van der Waals surface area contributed by atoms with Gasteiger partial charge in [-0.2, -0.15) is 0 Å². The Bertz CT molecular complexity index is 849. The molecule has 0 aliphatic carbocycles. The van der Waals surface area contributed by atoms with Crippen molar-refractivity contribution in [1.29, 1.82) is 0 Å². The Hall–Kier alpha value is -2.25. The molecule has 1 atom stereocenters. The molecule has 24 heavy (non-hydrogen) atoms. The molecule has 128 valence electrons. The highest BCUT2D eigenvalue weighted by atomic mass is 19.1. The molecule has 0 spiro atoms. The Balaban J connectivity index is 1.90. The second kappa shape index (κ2) is 5.99. The van der Waals surface area contributed by atoms with Gasteiger partial charge in [0.1, 0.15) is 11.4 Å². The van der Waals surface area contributed by atoms with Crippen LogP contribution >= 0.6 is 0 Å². The SMILES string of the molecule is CN(C)C[C@@]1(O)CCN(C(=O)c2c[nH]c3c(F)cccc3c2=O)C1. The number of hydrogen-bond acceptors (Lipinski definition) is 4. The van der Waals surface area contributed by atoms with Crippen molar-refractivity contribution in [2.75, 3.05) is 33.7 Å². The first-order chi connectivity index (χ1) is 11.3. The smallest absolute Gasteiger partial charge is 0.259 e. The van der Waals surface area contributed by atoms with Crippen LogP contribution in [0.4, 0.5) is 4.39 Å². The van der Waals surface area contributed by atoms with E-state index in [2.05, 4.69) is 4.98 Å². The summed E-state index contributed by atoms with van der Waals surface area (Å²) in [5.41, 5.74) is -1.43. The number of H-pyrrole nitrogens is 1. The number of fused-ring (bicyclic) bond motifs is 1. The number of hydrogen-bond donors (Lipinski definition) is 2. The standard InChI is InChI=1S/C17H20FN3O3/c1-20(2)9-17(24)6-7-21(10-17)16(23)12-8-19-14-11(15(12)22)4-3-5-13(14)18/h3-5,8,24H,6-7,9-10H2,1-2H3,(H,19,22)/t17-/m0/s1. The fourth-order valence-corrected chi connectivity index (χ4v) is 3.29. The number of likely N-dealkylation sites (tertiary alicyclic amines) is 1. The van der Waals surface area contributed by atoms with Crippen molar-refractivity contribution >= 4 is 16.8 Å². The first-order valence-corrected chi connectivity index (χ1v) is 7.77. The maximum atomic E-state index is 13.7. The first-order valence-electron chi connectivity index (χ1n) is 7.77. The molecular weight excluding hydrogens is 313 g/mol. The summed E-state index contributed by atoms with van der Waals surface area (Å²) in [6.07, 6.45) is 1.70. The fraction of sp³-hybridized carbons (Fsp3) is 0.412. The van der Waals surface area contributed by atoms with Crippen molar-refractivity contribution in [2.24, 2.45) is 0 Å². The molecule has 0 bridgehead atoms. The number of carbonyl (C=O) groups is 1. The zero-order chi connectivity index (χ0) is 17.5. The van der Waals surface area contributed by atoms with Crippen molar-refractivity contribution < 1.29 is 14.3 Å². The van der Waals surface area contributed by atoms with Crippen molar-refractivity contribution in [1.82, 2.24) is 14.8 Å². The number of likely N-dealkylation sites (N-methyl/N-ethyl adjacent to an activating group) is 1. The largest absolute Gasteiger partial charge is 0.387 e. The molecule has 2 heterocycles. The number of aromatic nitrogens is 1. The maximum Gasteiger partial charge on any atom is 0.259 e. The Labute approximate surface area is 138 Å². The molecule has 7 heteroatoms. The average molecular weight is 333 g/mol. The number of rotatable bonds is 3. The molecule has 1 aromatic carbocycles. The second-order valence-electron chi connectivity index (χ2n) is 6.63. The van der Waals surface area contributed by atoms with E-state index in [0.717, 1.165) is 0 Å². The molecule has 1 aliphatic rings. The van der Waals surface area contributed by atoms with Crippen molar-refractivity contribution in [2.45, 2.75) is 12.0 Å². The van der Waals surface area contributed by atoms with Crippen LogP contribution in [0.1, 0.15) is 16.8 Å². The number of nitrogens with zero attached hydrogens (tertiary/aromatic N) is 2. The lowest BCUT2D eigenvalue weighted by Crippen LogP contribution is -2.44. The van der Waals surface area contributed by atoms with E-state index in [0.29, 0.717) is 19.5 Å². The molecular formula is C17H20FN3O3. The Kier molecular flexibility index (Phi) is 4.15. The molecule has 2 aromatic rings. The highest BCUT2D eigenvalue weighted by Gasteiger charge is 2.39.